The first-order chi connectivity index (χ1) is 11.5. The number of nitro benzene ring substituents is 1. The summed E-state index contributed by atoms with van der Waals surface area (Å²) in [6, 6.07) is 4.75. The topological polar surface area (TPSA) is 140 Å². The summed E-state index contributed by atoms with van der Waals surface area (Å²) in [5.41, 5.74) is 0.190. The number of nitro groups is 1. The van der Waals surface area contributed by atoms with Crippen LogP contribution in [0.3, 0.4) is 0 Å². The van der Waals surface area contributed by atoms with Gasteiger partial charge in [0.15, 0.2) is 5.69 Å². The fourth-order valence-corrected chi connectivity index (χ4v) is 2.27. The number of hydrogen-bond donors (Lipinski definition) is 2. The van der Waals surface area contributed by atoms with E-state index in [-0.39, 0.29) is 17.3 Å². The molecule has 1 amide bonds. The van der Waals surface area contributed by atoms with Crippen LogP contribution in [0.5, 0.6) is 0 Å². The van der Waals surface area contributed by atoms with Gasteiger partial charge >= 0.3 is 5.97 Å². The summed E-state index contributed by atoms with van der Waals surface area (Å²) in [6.07, 6.45) is 2.81. The van der Waals surface area contributed by atoms with Gasteiger partial charge in [-0.15, -0.1) is 5.10 Å². The molecule has 0 bridgehead atoms. The van der Waals surface area contributed by atoms with Crippen molar-refractivity contribution < 1.29 is 19.6 Å². The number of aromatic nitrogens is 3. The predicted octanol–water partition coefficient (Wildman–Crippen LogP) is 0.768. The van der Waals surface area contributed by atoms with Gasteiger partial charge in [0, 0.05) is 12.1 Å². The second-order valence-corrected chi connectivity index (χ2v) is 5.45. The monoisotopic (exact) mass is 331 g/mol. The number of rotatable bonds is 6. The van der Waals surface area contributed by atoms with Gasteiger partial charge in [-0.2, -0.15) is 0 Å². The fourth-order valence-electron chi connectivity index (χ4n) is 2.27. The maximum absolute atomic E-state index is 12.1. The van der Waals surface area contributed by atoms with E-state index >= 15 is 0 Å². The number of aliphatic carboxylic acids is 1. The van der Waals surface area contributed by atoms with Gasteiger partial charge in [0.1, 0.15) is 6.04 Å². The van der Waals surface area contributed by atoms with Gasteiger partial charge in [0.2, 0.25) is 0 Å². The fraction of sp³-hybridized carbons (Fsp3) is 0.286. The first kappa shape index (κ1) is 15.6. The number of carboxylic acid groups (broad SMARTS) is 1. The molecule has 1 atom stereocenters. The molecule has 1 aromatic carbocycles. The van der Waals surface area contributed by atoms with Gasteiger partial charge < -0.3 is 10.4 Å². The quantitative estimate of drug-likeness (QED) is 0.588. The van der Waals surface area contributed by atoms with Crippen LogP contribution >= 0.6 is 0 Å². The Morgan fingerprint density at radius 2 is 2.17 bits per heavy atom. The lowest BCUT2D eigenvalue weighted by Crippen LogP contribution is -2.42. The summed E-state index contributed by atoms with van der Waals surface area (Å²) >= 11 is 0. The highest BCUT2D eigenvalue weighted by Crippen LogP contribution is 2.32. The zero-order valence-corrected chi connectivity index (χ0v) is 12.3. The lowest BCUT2D eigenvalue weighted by atomic mass is 10.2. The Balaban J connectivity index is 1.77. The molecular weight excluding hydrogens is 318 g/mol. The maximum atomic E-state index is 12.1. The Morgan fingerprint density at radius 1 is 1.42 bits per heavy atom. The minimum atomic E-state index is -1.09. The van der Waals surface area contributed by atoms with Gasteiger partial charge in [-0.3, -0.25) is 14.9 Å². The van der Waals surface area contributed by atoms with Crippen LogP contribution in [0, 0.1) is 16.0 Å². The number of nitrogens with one attached hydrogen (secondary N) is 1. The average Bonchev–Trinajstić information content (AvgIpc) is 3.27. The molecule has 10 heteroatoms. The van der Waals surface area contributed by atoms with Crippen molar-refractivity contribution in [3.63, 3.8) is 0 Å². The Morgan fingerprint density at radius 3 is 2.79 bits per heavy atom. The summed E-state index contributed by atoms with van der Waals surface area (Å²) in [4.78, 5) is 33.5. The molecule has 124 valence electrons. The molecular formula is C14H13N5O5. The van der Waals surface area contributed by atoms with E-state index in [4.69, 9.17) is 5.11 Å². The number of carbonyl (C=O) groups excluding carboxylic acids is 1. The summed E-state index contributed by atoms with van der Waals surface area (Å²) in [5, 5.41) is 29.8. The molecule has 0 saturated heterocycles. The average molecular weight is 331 g/mol. The Hall–Kier alpha value is -3.30. The van der Waals surface area contributed by atoms with Crippen molar-refractivity contribution >= 4 is 17.6 Å². The van der Waals surface area contributed by atoms with E-state index in [9.17, 15) is 19.7 Å². The standard InChI is InChI=1S/C14H13N5O5/c20-13(15-12(14(21)22)8-4-5-8)11-7-18(17-16-11)9-2-1-3-10(6-9)19(23)24/h1-3,6-8,12H,4-5H2,(H,15,20)(H,21,22). The largest absolute Gasteiger partial charge is 0.480 e. The number of amides is 1. The van der Waals surface area contributed by atoms with Gasteiger partial charge in [-0.25, -0.2) is 9.48 Å². The molecule has 0 aliphatic heterocycles. The number of nitrogens with zero attached hydrogens (tertiary/aromatic N) is 4. The molecule has 1 unspecified atom stereocenters. The zero-order valence-electron chi connectivity index (χ0n) is 12.3. The van der Waals surface area contributed by atoms with Crippen LogP contribution in [0.2, 0.25) is 0 Å². The third kappa shape index (κ3) is 3.21. The predicted molar refractivity (Wildman–Crippen MR) is 79.6 cm³/mol. The SMILES string of the molecule is O=C(NC(C(=O)O)C1CC1)c1cn(-c2cccc([N+](=O)[O-])c2)nn1. The van der Waals surface area contributed by atoms with Crippen molar-refractivity contribution in [2.24, 2.45) is 5.92 Å². The van der Waals surface area contributed by atoms with Crippen molar-refractivity contribution in [2.45, 2.75) is 18.9 Å². The molecule has 10 nitrogen and oxygen atoms in total. The molecule has 3 rings (SSSR count). The van der Waals surface area contributed by atoms with Crippen LogP contribution in [-0.2, 0) is 4.79 Å². The highest BCUT2D eigenvalue weighted by molar-refractivity contribution is 5.94. The van der Waals surface area contributed by atoms with Crippen LogP contribution < -0.4 is 5.32 Å². The molecule has 0 spiro atoms. The van der Waals surface area contributed by atoms with Crippen molar-refractivity contribution in [1.82, 2.24) is 20.3 Å². The summed E-state index contributed by atoms with van der Waals surface area (Å²) in [5.74, 6) is -1.79. The lowest BCUT2D eigenvalue weighted by molar-refractivity contribution is -0.384. The van der Waals surface area contributed by atoms with Crippen LogP contribution in [0.4, 0.5) is 5.69 Å². The summed E-state index contributed by atoms with van der Waals surface area (Å²) < 4.78 is 1.22. The second-order valence-electron chi connectivity index (χ2n) is 5.45. The smallest absolute Gasteiger partial charge is 0.326 e. The highest BCUT2D eigenvalue weighted by Gasteiger charge is 2.37. The normalized spacial score (nSPS) is 14.8. The van der Waals surface area contributed by atoms with Crippen LogP contribution in [0.1, 0.15) is 23.3 Å². The number of benzene rings is 1. The van der Waals surface area contributed by atoms with Gasteiger partial charge in [0.05, 0.1) is 16.8 Å². The minimum Gasteiger partial charge on any atom is -0.480 e. The van der Waals surface area contributed by atoms with Crippen molar-refractivity contribution in [1.29, 1.82) is 0 Å². The third-order valence-electron chi connectivity index (χ3n) is 3.68. The third-order valence-corrected chi connectivity index (χ3v) is 3.68. The van der Waals surface area contributed by atoms with E-state index in [0.29, 0.717) is 5.69 Å². The van der Waals surface area contributed by atoms with E-state index in [1.165, 1.54) is 29.1 Å². The molecule has 1 aliphatic rings. The number of carboxylic acids is 1. The number of carbonyl (C=O) groups is 2. The zero-order chi connectivity index (χ0) is 17.3. The van der Waals surface area contributed by atoms with E-state index in [0.717, 1.165) is 12.8 Å². The first-order valence-electron chi connectivity index (χ1n) is 7.16. The number of non-ortho nitro benzene ring substituents is 1. The maximum Gasteiger partial charge on any atom is 0.326 e. The second kappa shape index (κ2) is 6.07. The van der Waals surface area contributed by atoms with E-state index in [2.05, 4.69) is 15.6 Å². The van der Waals surface area contributed by atoms with Crippen molar-refractivity contribution in [2.75, 3.05) is 0 Å². The van der Waals surface area contributed by atoms with Crippen LogP contribution in [-0.4, -0.2) is 42.9 Å². The Kier molecular flexibility index (Phi) is 3.94. The summed E-state index contributed by atoms with van der Waals surface area (Å²) in [7, 11) is 0. The lowest BCUT2D eigenvalue weighted by Gasteiger charge is -2.11. The summed E-state index contributed by atoms with van der Waals surface area (Å²) in [6.45, 7) is 0. The Labute approximate surface area is 135 Å². The molecule has 0 radical (unpaired) electrons. The number of hydrogen-bond acceptors (Lipinski definition) is 6. The first-order valence-corrected chi connectivity index (χ1v) is 7.16. The van der Waals surface area contributed by atoms with Crippen molar-refractivity contribution in [3.8, 4) is 5.69 Å². The van der Waals surface area contributed by atoms with Crippen LogP contribution in [0.15, 0.2) is 30.5 Å². The van der Waals surface area contributed by atoms with Gasteiger partial charge in [0.25, 0.3) is 11.6 Å². The minimum absolute atomic E-state index is 0.0572. The molecule has 1 aromatic heterocycles. The molecule has 1 heterocycles. The molecule has 2 aromatic rings. The Bertz CT molecular complexity index is 813. The van der Waals surface area contributed by atoms with Crippen LogP contribution in [0.25, 0.3) is 5.69 Å². The van der Waals surface area contributed by atoms with E-state index in [1.54, 1.807) is 6.07 Å². The molecule has 1 saturated carbocycles. The van der Waals surface area contributed by atoms with Gasteiger partial charge in [-0.05, 0) is 24.8 Å². The van der Waals surface area contributed by atoms with Gasteiger partial charge in [-0.1, -0.05) is 11.3 Å². The van der Waals surface area contributed by atoms with Crippen molar-refractivity contribution in [3.05, 3.63) is 46.3 Å². The highest BCUT2D eigenvalue weighted by atomic mass is 16.6. The van der Waals surface area contributed by atoms with E-state index < -0.39 is 22.8 Å². The molecule has 2 N–H and O–H groups in total. The molecule has 1 aliphatic carbocycles. The van der Waals surface area contributed by atoms with E-state index in [1.807, 2.05) is 0 Å². The molecule has 1 fully saturated rings. The molecule has 24 heavy (non-hydrogen) atoms.